The van der Waals surface area contributed by atoms with Gasteiger partial charge in [0, 0.05) is 38.3 Å². The summed E-state index contributed by atoms with van der Waals surface area (Å²) in [6.45, 7) is 6.16. The molecule has 1 unspecified atom stereocenters. The lowest BCUT2D eigenvalue weighted by atomic mass is 10.1. The van der Waals surface area contributed by atoms with Gasteiger partial charge in [0.05, 0.1) is 0 Å². The molecule has 7 nitrogen and oxygen atoms in total. The van der Waals surface area contributed by atoms with Crippen LogP contribution < -0.4 is 10.6 Å². The molecule has 0 aliphatic carbocycles. The van der Waals surface area contributed by atoms with E-state index in [0.717, 1.165) is 38.4 Å². The van der Waals surface area contributed by atoms with Crippen molar-refractivity contribution in [1.82, 2.24) is 24.5 Å². The lowest BCUT2D eigenvalue weighted by molar-refractivity contribution is 0.212. The first-order chi connectivity index (χ1) is 12.2. The maximum atomic E-state index is 6.09. The first kappa shape index (κ1) is 15.8. The summed E-state index contributed by atoms with van der Waals surface area (Å²) >= 11 is 0. The molecule has 2 N–H and O–H groups in total. The molecule has 1 fully saturated rings. The third-order valence-corrected chi connectivity index (χ3v) is 4.92. The Morgan fingerprint density at radius 2 is 2.00 bits per heavy atom. The van der Waals surface area contributed by atoms with Crippen molar-refractivity contribution in [2.24, 2.45) is 0 Å². The van der Waals surface area contributed by atoms with Crippen LogP contribution in [0.2, 0.25) is 0 Å². The minimum atomic E-state index is 0.527. The van der Waals surface area contributed by atoms with Crippen molar-refractivity contribution in [1.29, 1.82) is 0 Å². The van der Waals surface area contributed by atoms with Crippen molar-refractivity contribution in [3.63, 3.8) is 0 Å². The van der Waals surface area contributed by atoms with Crippen LogP contribution in [0.4, 0.5) is 11.6 Å². The summed E-state index contributed by atoms with van der Waals surface area (Å²) in [4.78, 5) is 13.6. The fourth-order valence-corrected chi connectivity index (χ4v) is 3.37. The number of nitrogens with two attached hydrogens (primary N) is 1. The summed E-state index contributed by atoms with van der Waals surface area (Å²) in [5, 5.41) is 4.09. The fourth-order valence-electron chi connectivity index (χ4n) is 3.37. The molecule has 0 bridgehead atoms. The molecule has 0 saturated carbocycles. The average molecular weight is 337 g/mol. The molecular formula is C18H23N7. The summed E-state index contributed by atoms with van der Waals surface area (Å²) in [5.41, 5.74) is 7.44. The summed E-state index contributed by atoms with van der Waals surface area (Å²) in [5.74, 6) is 2.00. The van der Waals surface area contributed by atoms with Gasteiger partial charge in [0.15, 0.2) is 0 Å². The zero-order valence-electron chi connectivity index (χ0n) is 14.4. The molecule has 2 aromatic heterocycles. The smallest absolute Gasteiger partial charge is 0.256 e. The minimum absolute atomic E-state index is 0.527. The third kappa shape index (κ3) is 3.28. The molecule has 1 aliphatic rings. The number of nitrogen functional groups attached to an aromatic ring is 1. The van der Waals surface area contributed by atoms with Crippen LogP contribution in [0.3, 0.4) is 0 Å². The third-order valence-electron chi connectivity index (χ3n) is 4.92. The van der Waals surface area contributed by atoms with Gasteiger partial charge in [-0.3, -0.25) is 4.90 Å². The molecule has 0 amide bonds. The second-order valence-electron chi connectivity index (χ2n) is 6.59. The highest BCUT2D eigenvalue weighted by atomic mass is 15.4. The standard InChI is InChI=1S/C18H23N7/c1-14-7-8-23(9-10-24(14)12-15-5-3-2-4-6-15)17-11-16(19)25-18(22-17)20-13-21-25/h2-6,11,13-14H,7-10,12,19H2,1H3. The van der Waals surface area contributed by atoms with Gasteiger partial charge in [-0.2, -0.15) is 19.6 Å². The monoisotopic (exact) mass is 337 g/mol. The molecule has 0 radical (unpaired) electrons. The summed E-state index contributed by atoms with van der Waals surface area (Å²) in [6, 6.07) is 13.1. The van der Waals surface area contributed by atoms with Gasteiger partial charge < -0.3 is 10.6 Å². The van der Waals surface area contributed by atoms with Gasteiger partial charge in [-0.1, -0.05) is 30.3 Å². The van der Waals surface area contributed by atoms with Crippen molar-refractivity contribution in [3.8, 4) is 0 Å². The zero-order valence-corrected chi connectivity index (χ0v) is 14.4. The van der Waals surface area contributed by atoms with Crippen LogP contribution in [-0.2, 0) is 6.54 Å². The molecule has 25 heavy (non-hydrogen) atoms. The molecule has 7 heteroatoms. The van der Waals surface area contributed by atoms with E-state index in [-0.39, 0.29) is 0 Å². The predicted octanol–water partition coefficient (Wildman–Crippen LogP) is 1.81. The second kappa shape index (κ2) is 6.68. The molecular weight excluding hydrogens is 314 g/mol. The molecule has 1 aliphatic heterocycles. The highest BCUT2D eigenvalue weighted by Gasteiger charge is 2.22. The molecule has 130 valence electrons. The first-order valence-electron chi connectivity index (χ1n) is 8.70. The molecule has 1 aromatic carbocycles. The largest absolute Gasteiger partial charge is 0.383 e. The normalized spacial score (nSPS) is 19.2. The van der Waals surface area contributed by atoms with Crippen LogP contribution in [0.15, 0.2) is 42.7 Å². The van der Waals surface area contributed by atoms with Gasteiger partial charge >= 0.3 is 0 Å². The van der Waals surface area contributed by atoms with Crippen LogP contribution in [0, 0.1) is 0 Å². The van der Waals surface area contributed by atoms with E-state index in [9.17, 15) is 0 Å². The fraction of sp³-hybridized carbons (Fsp3) is 0.389. The van der Waals surface area contributed by atoms with Gasteiger partial charge in [0.25, 0.3) is 5.78 Å². The number of nitrogens with zero attached hydrogens (tertiary/aromatic N) is 6. The number of anilines is 2. The van der Waals surface area contributed by atoms with Crippen LogP contribution in [0.25, 0.3) is 5.78 Å². The quantitative estimate of drug-likeness (QED) is 0.785. The maximum absolute atomic E-state index is 6.09. The van der Waals surface area contributed by atoms with Gasteiger partial charge in [-0.15, -0.1) is 0 Å². The molecule has 3 heterocycles. The number of fused-ring (bicyclic) bond motifs is 1. The van der Waals surface area contributed by atoms with E-state index in [4.69, 9.17) is 5.73 Å². The Labute approximate surface area is 147 Å². The van der Waals surface area contributed by atoms with E-state index < -0.39 is 0 Å². The Kier molecular flexibility index (Phi) is 4.23. The van der Waals surface area contributed by atoms with E-state index in [0.29, 0.717) is 17.6 Å². The summed E-state index contributed by atoms with van der Waals surface area (Å²) < 4.78 is 1.56. The molecule has 3 aromatic rings. The van der Waals surface area contributed by atoms with Crippen LogP contribution in [0.5, 0.6) is 0 Å². The van der Waals surface area contributed by atoms with Crippen molar-refractivity contribution in [2.75, 3.05) is 30.3 Å². The van der Waals surface area contributed by atoms with E-state index in [2.05, 4.69) is 62.1 Å². The number of hydrogen-bond donors (Lipinski definition) is 1. The topological polar surface area (TPSA) is 75.6 Å². The van der Waals surface area contributed by atoms with Crippen molar-refractivity contribution in [2.45, 2.75) is 25.9 Å². The molecule has 1 saturated heterocycles. The number of hydrogen-bond acceptors (Lipinski definition) is 6. The van der Waals surface area contributed by atoms with Crippen molar-refractivity contribution < 1.29 is 0 Å². The maximum Gasteiger partial charge on any atom is 0.256 e. The number of aromatic nitrogens is 4. The Balaban J connectivity index is 1.51. The van der Waals surface area contributed by atoms with Gasteiger partial charge in [0.2, 0.25) is 0 Å². The van der Waals surface area contributed by atoms with Gasteiger partial charge in [-0.25, -0.2) is 0 Å². The highest BCUT2D eigenvalue weighted by molar-refractivity contribution is 5.53. The minimum Gasteiger partial charge on any atom is -0.383 e. The van der Waals surface area contributed by atoms with Gasteiger partial charge in [-0.05, 0) is 18.9 Å². The predicted molar refractivity (Wildman–Crippen MR) is 98.3 cm³/mol. The lowest BCUT2D eigenvalue weighted by Gasteiger charge is -2.26. The Bertz CT molecular complexity index is 845. The lowest BCUT2D eigenvalue weighted by Crippen LogP contribution is -2.34. The van der Waals surface area contributed by atoms with E-state index >= 15 is 0 Å². The van der Waals surface area contributed by atoms with E-state index in [1.165, 1.54) is 11.9 Å². The Hall–Kier alpha value is -2.67. The Morgan fingerprint density at radius 1 is 1.16 bits per heavy atom. The molecule has 4 rings (SSSR count). The second-order valence-corrected chi connectivity index (χ2v) is 6.59. The SMILES string of the molecule is CC1CCN(c2cc(N)n3ncnc3n2)CCN1Cc1ccccc1. The van der Waals surface area contributed by atoms with Crippen LogP contribution in [-0.4, -0.2) is 50.2 Å². The number of rotatable bonds is 3. The van der Waals surface area contributed by atoms with Crippen LogP contribution >= 0.6 is 0 Å². The summed E-state index contributed by atoms with van der Waals surface area (Å²) in [6.07, 6.45) is 2.57. The first-order valence-corrected chi connectivity index (χ1v) is 8.70. The van der Waals surface area contributed by atoms with Crippen LogP contribution in [0.1, 0.15) is 18.9 Å². The van der Waals surface area contributed by atoms with E-state index in [1.807, 2.05) is 6.07 Å². The number of benzene rings is 1. The molecule has 0 spiro atoms. The summed E-state index contributed by atoms with van der Waals surface area (Å²) in [7, 11) is 0. The zero-order chi connectivity index (χ0) is 17.2. The van der Waals surface area contributed by atoms with Crippen molar-refractivity contribution in [3.05, 3.63) is 48.3 Å². The van der Waals surface area contributed by atoms with E-state index in [1.54, 1.807) is 4.52 Å². The highest BCUT2D eigenvalue weighted by Crippen LogP contribution is 2.21. The van der Waals surface area contributed by atoms with Crippen molar-refractivity contribution >= 4 is 17.4 Å². The van der Waals surface area contributed by atoms with Gasteiger partial charge in [0.1, 0.15) is 18.0 Å². The Morgan fingerprint density at radius 3 is 2.84 bits per heavy atom. The molecule has 1 atom stereocenters. The average Bonchev–Trinajstić information content (AvgIpc) is 3.03.